The molecule has 1 heterocycles. The number of nitrogens with zero attached hydrogens (tertiary/aromatic N) is 1. The average molecular weight is 616 g/mol. The van der Waals surface area contributed by atoms with E-state index < -0.39 is 5.92 Å². The Kier molecular flexibility index (Phi) is 8.24. The fraction of sp³-hybridized carbons (Fsp3) is 0.526. The van der Waals surface area contributed by atoms with Gasteiger partial charge >= 0.3 is 0 Å². The van der Waals surface area contributed by atoms with Gasteiger partial charge in [-0.25, -0.2) is 0 Å². The standard InChI is InChI=1S/C38H46ClNO4/c1-23-12-14-24(15-13-23)22-44-36-27(39)16-25(17-32(36)43-6)33-34-28(18-37(2,3)20-30(34)41)40(26-10-8-7-9-11-26)29-19-38(4,5)21-31(42)35(29)33/h12-17,26,33H,7-11,18-22H2,1-6H3. The van der Waals surface area contributed by atoms with Gasteiger partial charge in [0.05, 0.1) is 12.1 Å². The van der Waals surface area contributed by atoms with Crippen LogP contribution in [-0.2, 0) is 16.2 Å². The van der Waals surface area contributed by atoms with E-state index in [1.54, 1.807) is 7.11 Å². The Morgan fingerprint density at radius 3 is 1.95 bits per heavy atom. The van der Waals surface area contributed by atoms with Gasteiger partial charge in [0.2, 0.25) is 0 Å². The molecule has 5 nitrogen and oxygen atoms in total. The van der Waals surface area contributed by atoms with E-state index in [0.717, 1.165) is 59.4 Å². The number of rotatable bonds is 6. The highest BCUT2D eigenvalue weighted by atomic mass is 35.5. The molecule has 234 valence electrons. The second-order valence-corrected chi connectivity index (χ2v) is 15.4. The van der Waals surface area contributed by atoms with Crippen molar-refractivity contribution in [3.63, 3.8) is 0 Å². The normalized spacial score (nSPS) is 22.2. The number of hydrogen-bond acceptors (Lipinski definition) is 5. The summed E-state index contributed by atoms with van der Waals surface area (Å²) in [4.78, 5) is 31.0. The third-order valence-electron chi connectivity index (χ3n) is 9.98. The Hall–Kier alpha value is -3.05. The minimum atomic E-state index is -0.468. The van der Waals surface area contributed by atoms with E-state index in [4.69, 9.17) is 21.1 Å². The molecule has 6 rings (SSSR count). The van der Waals surface area contributed by atoms with Crippen LogP contribution in [0.25, 0.3) is 0 Å². The van der Waals surface area contributed by atoms with Crippen LogP contribution in [0.15, 0.2) is 58.9 Å². The van der Waals surface area contributed by atoms with Crippen molar-refractivity contribution < 1.29 is 19.1 Å². The first-order valence-corrected chi connectivity index (χ1v) is 16.6. The summed E-state index contributed by atoms with van der Waals surface area (Å²) in [5, 5.41) is 0.414. The Bertz CT molecular complexity index is 1490. The number of aryl methyl sites for hydroxylation is 1. The minimum Gasteiger partial charge on any atom is -0.493 e. The molecule has 0 aromatic heterocycles. The van der Waals surface area contributed by atoms with Crippen molar-refractivity contribution in [3.8, 4) is 11.5 Å². The van der Waals surface area contributed by atoms with Crippen molar-refractivity contribution in [3.05, 3.63) is 80.7 Å². The first-order chi connectivity index (χ1) is 20.9. The largest absolute Gasteiger partial charge is 0.493 e. The van der Waals surface area contributed by atoms with Gasteiger partial charge in [0.1, 0.15) is 6.61 Å². The summed E-state index contributed by atoms with van der Waals surface area (Å²) < 4.78 is 12.1. The number of methoxy groups -OCH3 is 1. The van der Waals surface area contributed by atoms with Gasteiger partial charge < -0.3 is 14.4 Å². The molecule has 0 saturated heterocycles. The molecule has 44 heavy (non-hydrogen) atoms. The second-order valence-electron chi connectivity index (χ2n) is 15.0. The Balaban J connectivity index is 1.50. The Labute approximate surface area is 267 Å². The molecular formula is C38H46ClNO4. The van der Waals surface area contributed by atoms with Crippen LogP contribution in [0.4, 0.5) is 0 Å². The summed E-state index contributed by atoms with van der Waals surface area (Å²) in [6, 6.07) is 12.3. The number of ether oxygens (including phenoxy) is 2. The van der Waals surface area contributed by atoms with Crippen LogP contribution in [0.2, 0.25) is 5.02 Å². The quantitative estimate of drug-likeness (QED) is 0.324. The molecule has 1 saturated carbocycles. The van der Waals surface area contributed by atoms with Gasteiger partial charge in [-0.15, -0.1) is 0 Å². The van der Waals surface area contributed by atoms with Crippen LogP contribution in [0, 0.1) is 17.8 Å². The molecule has 1 fully saturated rings. The average Bonchev–Trinajstić information content (AvgIpc) is 2.95. The highest BCUT2D eigenvalue weighted by molar-refractivity contribution is 6.32. The predicted octanol–water partition coefficient (Wildman–Crippen LogP) is 9.25. The van der Waals surface area contributed by atoms with E-state index in [-0.39, 0.29) is 22.4 Å². The van der Waals surface area contributed by atoms with E-state index in [1.165, 1.54) is 24.8 Å². The van der Waals surface area contributed by atoms with Gasteiger partial charge in [0, 0.05) is 47.3 Å². The molecule has 0 amide bonds. The van der Waals surface area contributed by atoms with Gasteiger partial charge in [-0.3, -0.25) is 9.59 Å². The summed E-state index contributed by atoms with van der Waals surface area (Å²) in [7, 11) is 1.61. The maximum Gasteiger partial charge on any atom is 0.180 e. The fourth-order valence-corrected chi connectivity index (χ4v) is 8.27. The third kappa shape index (κ3) is 5.85. The molecular weight excluding hydrogens is 570 g/mol. The van der Waals surface area contributed by atoms with Crippen molar-refractivity contribution in [2.75, 3.05) is 7.11 Å². The number of benzene rings is 2. The Morgan fingerprint density at radius 2 is 1.41 bits per heavy atom. The van der Waals surface area contributed by atoms with Crippen LogP contribution < -0.4 is 9.47 Å². The van der Waals surface area contributed by atoms with Gasteiger partial charge in [-0.2, -0.15) is 0 Å². The number of allylic oxidation sites excluding steroid dienone is 4. The number of Topliss-reactive ketones (excluding diaryl/α,β-unsaturated/α-hetero) is 2. The number of halogens is 1. The lowest BCUT2D eigenvalue weighted by atomic mass is 9.63. The SMILES string of the molecule is COc1cc(C2C3=C(CC(C)(C)CC3=O)N(C3CCCCC3)C3=C2C(=O)CC(C)(C)C3)cc(Cl)c1OCc1ccc(C)cc1. The minimum absolute atomic E-state index is 0.140. The smallest absolute Gasteiger partial charge is 0.180 e. The van der Waals surface area contributed by atoms with E-state index in [9.17, 15) is 9.59 Å². The molecule has 2 aromatic rings. The molecule has 0 N–H and O–H groups in total. The zero-order valence-corrected chi connectivity index (χ0v) is 27.9. The number of carbonyl (C=O) groups excluding carboxylic acids is 2. The maximum absolute atomic E-state index is 14.2. The first-order valence-electron chi connectivity index (χ1n) is 16.2. The molecule has 0 spiro atoms. The number of ketones is 2. The summed E-state index contributed by atoms with van der Waals surface area (Å²) in [5.41, 5.74) is 6.56. The van der Waals surface area contributed by atoms with Crippen LogP contribution in [0.3, 0.4) is 0 Å². The zero-order chi connectivity index (χ0) is 31.4. The lowest BCUT2D eigenvalue weighted by Gasteiger charge is -2.52. The molecule has 0 radical (unpaired) electrons. The molecule has 6 heteroatoms. The summed E-state index contributed by atoms with van der Waals surface area (Å²) in [5.74, 6) is 0.784. The molecule has 4 aliphatic rings. The van der Waals surface area contributed by atoms with E-state index in [2.05, 4.69) is 51.7 Å². The van der Waals surface area contributed by atoms with Crippen molar-refractivity contribution >= 4 is 23.2 Å². The molecule has 3 aliphatic carbocycles. The van der Waals surface area contributed by atoms with Crippen LogP contribution in [0.5, 0.6) is 11.5 Å². The highest BCUT2D eigenvalue weighted by Crippen LogP contribution is 2.56. The lowest BCUT2D eigenvalue weighted by Crippen LogP contribution is -2.48. The fourth-order valence-electron chi connectivity index (χ4n) is 8.00. The van der Waals surface area contributed by atoms with Crippen LogP contribution >= 0.6 is 11.6 Å². The van der Waals surface area contributed by atoms with Crippen molar-refractivity contribution in [1.29, 1.82) is 0 Å². The third-order valence-corrected chi connectivity index (χ3v) is 10.3. The summed E-state index contributed by atoms with van der Waals surface area (Å²) in [6.07, 6.45) is 8.35. The summed E-state index contributed by atoms with van der Waals surface area (Å²) in [6.45, 7) is 11.2. The van der Waals surface area contributed by atoms with Gasteiger partial charge in [-0.1, -0.05) is 88.4 Å². The second kappa shape index (κ2) is 11.7. The van der Waals surface area contributed by atoms with E-state index in [1.807, 2.05) is 24.3 Å². The maximum atomic E-state index is 14.2. The van der Waals surface area contributed by atoms with Crippen LogP contribution in [0.1, 0.15) is 108 Å². The Morgan fingerprint density at radius 1 is 0.841 bits per heavy atom. The molecule has 0 bridgehead atoms. The van der Waals surface area contributed by atoms with E-state index in [0.29, 0.717) is 42.0 Å². The zero-order valence-electron chi connectivity index (χ0n) is 27.1. The summed E-state index contributed by atoms with van der Waals surface area (Å²) >= 11 is 6.97. The van der Waals surface area contributed by atoms with Crippen molar-refractivity contribution in [1.82, 2.24) is 4.90 Å². The first kappa shape index (κ1) is 31.0. The van der Waals surface area contributed by atoms with Crippen LogP contribution in [-0.4, -0.2) is 29.6 Å². The molecule has 0 unspecified atom stereocenters. The van der Waals surface area contributed by atoms with Crippen molar-refractivity contribution in [2.45, 2.75) is 111 Å². The molecule has 1 aliphatic heterocycles. The topological polar surface area (TPSA) is 55.8 Å². The predicted molar refractivity (Wildman–Crippen MR) is 175 cm³/mol. The molecule has 0 atom stereocenters. The van der Waals surface area contributed by atoms with Gasteiger partial charge in [-0.05, 0) is 66.7 Å². The van der Waals surface area contributed by atoms with E-state index >= 15 is 0 Å². The number of hydrogen-bond donors (Lipinski definition) is 0. The van der Waals surface area contributed by atoms with Gasteiger partial charge in [0.25, 0.3) is 0 Å². The lowest BCUT2D eigenvalue weighted by molar-refractivity contribution is -0.119. The van der Waals surface area contributed by atoms with Gasteiger partial charge in [0.15, 0.2) is 23.1 Å². The molecule has 2 aromatic carbocycles. The highest BCUT2D eigenvalue weighted by Gasteiger charge is 2.50. The van der Waals surface area contributed by atoms with Crippen molar-refractivity contribution in [2.24, 2.45) is 10.8 Å². The number of carbonyl (C=O) groups is 2. The monoisotopic (exact) mass is 615 g/mol.